The summed E-state index contributed by atoms with van der Waals surface area (Å²) in [7, 11) is 1.99. The van der Waals surface area contributed by atoms with E-state index in [0.29, 0.717) is 5.56 Å². The number of nitrogens with zero attached hydrogens (tertiary/aromatic N) is 2. The van der Waals surface area contributed by atoms with Gasteiger partial charge in [-0.2, -0.15) is 0 Å². The molecule has 0 saturated heterocycles. The molecule has 3 nitrogen and oxygen atoms in total. The highest BCUT2D eigenvalue weighted by atomic mass is 16.1. The molecule has 0 atom stereocenters. The van der Waals surface area contributed by atoms with Crippen LogP contribution >= 0.6 is 0 Å². The van der Waals surface area contributed by atoms with Crippen LogP contribution in [0.2, 0.25) is 0 Å². The number of anilines is 1. The van der Waals surface area contributed by atoms with Gasteiger partial charge in [-0.05, 0) is 25.5 Å². The van der Waals surface area contributed by atoms with E-state index in [2.05, 4.69) is 16.8 Å². The van der Waals surface area contributed by atoms with Crippen molar-refractivity contribution in [1.29, 1.82) is 0 Å². The fourth-order valence-corrected chi connectivity index (χ4v) is 1.68. The third kappa shape index (κ3) is 3.33. The third-order valence-electron chi connectivity index (χ3n) is 2.62. The summed E-state index contributed by atoms with van der Waals surface area (Å²) in [5.41, 5.74) is 0.710. The van der Waals surface area contributed by atoms with Gasteiger partial charge in [-0.3, -0.25) is 4.79 Å². The quantitative estimate of drug-likeness (QED) is 0.546. The van der Waals surface area contributed by atoms with Gasteiger partial charge in [0, 0.05) is 19.8 Å². The number of pyridine rings is 1. The second-order valence-corrected chi connectivity index (χ2v) is 4.06. The maximum Gasteiger partial charge on any atom is 0.163 e. The van der Waals surface area contributed by atoms with Gasteiger partial charge in [0.1, 0.15) is 5.82 Å². The van der Waals surface area contributed by atoms with Crippen molar-refractivity contribution in [3.8, 4) is 0 Å². The summed E-state index contributed by atoms with van der Waals surface area (Å²) in [6, 6.07) is 3.64. The fraction of sp³-hybridized carbons (Fsp3) is 0.538. The molecule has 0 spiro atoms. The van der Waals surface area contributed by atoms with Gasteiger partial charge in [0.25, 0.3) is 0 Å². The first-order valence-corrected chi connectivity index (χ1v) is 5.84. The molecule has 1 aromatic rings. The smallest absolute Gasteiger partial charge is 0.163 e. The van der Waals surface area contributed by atoms with Crippen molar-refractivity contribution in [1.82, 2.24) is 4.98 Å². The van der Waals surface area contributed by atoms with Crippen molar-refractivity contribution < 1.29 is 4.79 Å². The average Bonchev–Trinajstić information content (AvgIpc) is 2.29. The summed E-state index contributed by atoms with van der Waals surface area (Å²) in [6.07, 6.45) is 5.29. The first kappa shape index (κ1) is 12.7. The Bertz CT molecular complexity index is 350. The van der Waals surface area contributed by atoms with E-state index in [0.717, 1.165) is 18.8 Å². The maximum absolute atomic E-state index is 11.4. The Balaban J connectivity index is 2.74. The van der Waals surface area contributed by atoms with Crippen LogP contribution in [0.4, 0.5) is 5.82 Å². The predicted molar refractivity (Wildman–Crippen MR) is 67.0 cm³/mol. The molecule has 0 amide bonds. The largest absolute Gasteiger partial charge is 0.359 e. The van der Waals surface area contributed by atoms with Crippen molar-refractivity contribution in [2.24, 2.45) is 0 Å². The highest BCUT2D eigenvalue weighted by molar-refractivity contribution is 5.98. The molecule has 3 heteroatoms. The molecule has 0 saturated carbocycles. The monoisotopic (exact) mass is 220 g/mol. The predicted octanol–water partition coefficient (Wildman–Crippen LogP) is 2.91. The summed E-state index contributed by atoms with van der Waals surface area (Å²) < 4.78 is 0. The Hall–Kier alpha value is -1.38. The summed E-state index contributed by atoms with van der Waals surface area (Å²) in [6.45, 7) is 4.72. The molecule has 0 unspecified atom stereocenters. The number of carbonyl (C=O) groups is 1. The molecule has 0 aliphatic heterocycles. The molecule has 1 heterocycles. The number of hydrogen-bond acceptors (Lipinski definition) is 3. The molecule has 0 fully saturated rings. The minimum atomic E-state index is 0.0745. The molecule has 88 valence electrons. The van der Waals surface area contributed by atoms with Crippen molar-refractivity contribution in [3.05, 3.63) is 23.9 Å². The first-order valence-electron chi connectivity index (χ1n) is 5.84. The van der Waals surface area contributed by atoms with Crippen LogP contribution in [0.5, 0.6) is 0 Å². The maximum atomic E-state index is 11.4. The molecule has 0 aliphatic carbocycles. The zero-order valence-corrected chi connectivity index (χ0v) is 10.4. The summed E-state index contributed by atoms with van der Waals surface area (Å²) >= 11 is 0. The number of aromatic nitrogens is 1. The highest BCUT2D eigenvalue weighted by Crippen LogP contribution is 2.16. The third-order valence-corrected chi connectivity index (χ3v) is 2.62. The number of rotatable bonds is 6. The molecule has 1 aromatic heterocycles. The van der Waals surface area contributed by atoms with Crippen LogP contribution in [0, 0.1) is 0 Å². The van der Waals surface area contributed by atoms with Crippen molar-refractivity contribution >= 4 is 11.6 Å². The van der Waals surface area contributed by atoms with Crippen molar-refractivity contribution in [2.75, 3.05) is 18.5 Å². The Morgan fingerprint density at radius 2 is 2.19 bits per heavy atom. The molecular formula is C13H20N2O. The van der Waals surface area contributed by atoms with E-state index >= 15 is 0 Å². The van der Waals surface area contributed by atoms with Gasteiger partial charge in [-0.25, -0.2) is 4.98 Å². The minimum absolute atomic E-state index is 0.0745. The van der Waals surface area contributed by atoms with E-state index in [1.165, 1.54) is 12.8 Å². The summed E-state index contributed by atoms with van der Waals surface area (Å²) in [4.78, 5) is 17.8. The summed E-state index contributed by atoms with van der Waals surface area (Å²) in [5.74, 6) is 0.872. The van der Waals surface area contributed by atoms with Gasteiger partial charge < -0.3 is 4.90 Å². The molecule has 16 heavy (non-hydrogen) atoms. The van der Waals surface area contributed by atoms with E-state index in [1.807, 2.05) is 13.1 Å². The Labute approximate surface area is 97.5 Å². The van der Waals surface area contributed by atoms with Crippen LogP contribution in [0.25, 0.3) is 0 Å². The Kier molecular flexibility index (Phi) is 4.96. The van der Waals surface area contributed by atoms with Gasteiger partial charge in [0.2, 0.25) is 0 Å². The minimum Gasteiger partial charge on any atom is -0.359 e. The molecule has 0 bridgehead atoms. The van der Waals surface area contributed by atoms with E-state index in [4.69, 9.17) is 0 Å². The normalized spacial score (nSPS) is 10.2. The van der Waals surface area contributed by atoms with Gasteiger partial charge in [-0.1, -0.05) is 19.8 Å². The van der Waals surface area contributed by atoms with Crippen LogP contribution in [0.3, 0.4) is 0 Å². The van der Waals surface area contributed by atoms with Gasteiger partial charge in [-0.15, -0.1) is 0 Å². The van der Waals surface area contributed by atoms with Crippen LogP contribution < -0.4 is 4.90 Å². The van der Waals surface area contributed by atoms with E-state index in [-0.39, 0.29) is 5.78 Å². The van der Waals surface area contributed by atoms with Gasteiger partial charge >= 0.3 is 0 Å². The zero-order chi connectivity index (χ0) is 12.0. The topological polar surface area (TPSA) is 33.2 Å². The number of carbonyl (C=O) groups excluding carboxylic acids is 1. The average molecular weight is 220 g/mol. The lowest BCUT2D eigenvalue weighted by Gasteiger charge is -2.19. The number of hydrogen-bond donors (Lipinski definition) is 0. The number of unbranched alkanes of at least 4 members (excludes halogenated alkanes) is 2. The van der Waals surface area contributed by atoms with Gasteiger partial charge in [0.05, 0.1) is 5.56 Å². The summed E-state index contributed by atoms with van der Waals surface area (Å²) in [5, 5.41) is 0. The van der Waals surface area contributed by atoms with Crippen molar-refractivity contribution in [2.45, 2.75) is 33.1 Å². The molecular weight excluding hydrogens is 200 g/mol. The molecule has 0 radical (unpaired) electrons. The van der Waals surface area contributed by atoms with Crippen molar-refractivity contribution in [3.63, 3.8) is 0 Å². The number of ketones is 1. The molecule has 0 aromatic carbocycles. The van der Waals surface area contributed by atoms with E-state index < -0.39 is 0 Å². The second-order valence-electron chi connectivity index (χ2n) is 4.06. The molecule has 0 aliphatic rings. The SMILES string of the molecule is CCCCCN(C)c1ncccc1C(C)=O. The second kappa shape index (κ2) is 6.26. The lowest BCUT2D eigenvalue weighted by Crippen LogP contribution is -2.22. The van der Waals surface area contributed by atoms with E-state index in [1.54, 1.807) is 19.2 Å². The fourth-order valence-electron chi connectivity index (χ4n) is 1.68. The molecule has 0 N–H and O–H groups in total. The molecule has 1 rings (SSSR count). The lowest BCUT2D eigenvalue weighted by atomic mass is 10.1. The van der Waals surface area contributed by atoms with Gasteiger partial charge in [0.15, 0.2) is 5.78 Å². The standard InChI is InChI=1S/C13H20N2O/c1-4-5-6-10-15(3)13-12(11(2)16)8-7-9-14-13/h7-9H,4-6,10H2,1-3H3. The van der Waals surface area contributed by atoms with Crippen LogP contribution in [0.1, 0.15) is 43.5 Å². The number of Topliss-reactive ketones (excluding diaryl/α,β-unsaturated/α-hetero) is 1. The van der Waals surface area contributed by atoms with Crippen LogP contribution in [-0.2, 0) is 0 Å². The van der Waals surface area contributed by atoms with Crippen LogP contribution in [-0.4, -0.2) is 24.4 Å². The highest BCUT2D eigenvalue weighted by Gasteiger charge is 2.11. The zero-order valence-electron chi connectivity index (χ0n) is 10.4. The Morgan fingerprint density at radius 1 is 1.44 bits per heavy atom. The lowest BCUT2D eigenvalue weighted by molar-refractivity contribution is 0.101. The van der Waals surface area contributed by atoms with Crippen LogP contribution in [0.15, 0.2) is 18.3 Å². The Morgan fingerprint density at radius 3 is 2.81 bits per heavy atom. The van der Waals surface area contributed by atoms with E-state index in [9.17, 15) is 4.79 Å². The first-order chi connectivity index (χ1) is 7.66.